The van der Waals surface area contributed by atoms with Crippen LogP contribution in [0.5, 0.6) is 0 Å². The summed E-state index contributed by atoms with van der Waals surface area (Å²) < 4.78 is 0. The van der Waals surface area contributed by atoms with Crippen LogP contribution in [0.4, 0.5) is 4.79 Å². The lowest BCUT2D eigenvalue weighted by Gasteiger charge is -2.12. The number of carbonyl (C=O) groups excluding carboxylic acids is 1. The van der Waals surface area contributed by atoms with Gasteiger partial charge in [-0.05, 0) is 6.42 Å². The Kier molecular flexibility index (Phi) is 4.83. The molecule has 70 valence electrons. The summed E-state index contributed by atoms with van der Waals surface area (Å²) in [5, 5.41) is 13.2. The fourth-order valence-corrected chi connectivity index (χ4v) is 0.776. The van der Waals surface area contributed by atoms with E-state index in [9.17, 15) is 9.59 Å². The average molecular weight is 174 g/mol. The van der Waals surface area contributed by atoms with Gasteiger partial charge in [0.25, 0.3) is 0 Å². The molecule has 0 heterocycles. The number of rotatable bonds is 4. The quantitative estimate of drug-likeness (QED) is 0.568. The lowest BCUT2D eigenvalue weighted by atomic mass is 10.2. The molecule has 5 nitrogen and oxygen atoms in total. The van der Waals surface area contributed by atoms with Crippen LogP contribution < -0.4 is 10.6 Å². The van der Waals surface area contributed by atoms with Crippen LogP contribution >= 0.6 is 0 Å². The molecule has 0 unspecified atom stereocenters. The highest BCUT2D eigenvalue weighted by Crippen LogP contribution is 1.95. The van der Waals surface area contributed by atoms with Crippen molar-refractivity contribution in [3.8, 4) is 0 Å². The molecular weight excluding hydrogens is 160 g/mol. The SMILES string of the molecule is CCC[C@H](NC(=O)NC)C(=O)O. The van der Waals surface area contributed by atoms with Gasteiger partial charge in [0.15, 0.2) is 0 Å². The molecule has 0 aliphatic rings. The Labute approximate surface area is 71.1 Å². The van der Waals surface area contributed by atoms with Crippen LogP contribution in [0.2, 0.25) is 0 Å². The first-order chi connectivity index (χ1) is 5.61. The van der Waals surface area contributed by atoms with Crippen LogP contribution in [0.15, 0.2) is 0 Å². The Morgan fingerprint density at radius 1 is 1.50 bits per heavy atom. The molecule has 0 fully saturated rings. The molecule has 0 aromatic heterocycles. The predicted molar refractivity (Wildman–Crippen MR) is 43.9 cm³/mol. The van der Waals surface area contributed by atoms with Crippen LogP contribution in [0, 0.1) is 0 Å². The van der Waals surface area contributed by atoms with Crippen molar-refractivity contribution in [3.63, 3.8) is 0 Å². The number of nitrogens with one attached hydrogen (secondary N) is 2. The number of hydrogen-bond donors (Lipinski definition) is 3. The first-order valence-corrected chi connectivity index (χ1v) is 3.82. The van der Waals surface area contributed by atoms with E-state index in [0.717, 1.165) is 6.42 Å². The molecule has 0 bridgehead atoms. The number of urea groups is 1. The summed E-state index contributed by atoms with van der Waals surface area (Å²) in [6, 6.07) is -1.24. The molecule has 0 rings (SSSR count). The van der Waals surface area contributed by atoms with Gasteiger partial charge in [0.05, 0.1) is 0 Å². The van der Waals surface area contributed by atoms with Crippen molar-refractivity contribution in [2.45, 2.75) is 25.8 Å². The van der Waals surface area contributed by atoms with E-state index in [4.69, 9.17) is 5.11 Å². The Bertz CT molecular complexity index is 168. The molecule has 12 heavy (non-hydrogen) atoms. The molecule has 0 aromatic carbocycles. The second kappa shape index (κ2) is 5.40. The van der Waals surface area contributed by atoms with Crippen molar-refractivity contribution in [2.75, 3.05) is 7.05 Å². The smallest absolute Gasteiger partial charge is 0.326 e. The van der Waals surface area contributed by atoms with Crippen molar-refractivity contribution in [3.05, 3.63) is 0 Å². The molecule has 3 N–H and O–H groups in total. The Hall–Kier alpha value is -1.26. The lowest BCUT2D eigenvalue weighted by molar-refractivity contribution is -0.139. The maximum atomic E-state index is 10.7. The molecule has 2 amide bonds. The predicted octanol–water partition coefficient (Wildman–Crippen LogP) is 0.169. The number of aliphatic carboxylic acids is 1. The van der Waals surface area contributed by atoms with Gasteiger partial charge in [-0.15, -0.1) is 0 Å². The highest BCUT2D eigenvalue weighted by atomic mass is 16.4. The first kappa shape index (κ1) is 10.7. The van der Waals surface area contributed by atoms with E-state index < -0.39 is 18.0 Å². The van der Waals surface area contributed by atoms with E-state index in [1.807, 2.05) is 6.92 Å². The molecule has 0 saturated heterocycles. The summed E-state index contributed by atoms with van der Waals surface area (Å²) in [5.74, 6) is -1.000. The largest absolute Gasteiger partial charge is 0.480 e. The van der Waals surface area contributed by atoms with E-state index in [1.165, 1.54) is 7.05 Å². The summed E-state index contributed by atoms with van der Waals surface area (Å²) in [4.78, 5) is 21.2. The third kappa shape index (κ3) is 3.80. The third-order valence-electron chi connectivity index (χ3n) is 1.41. The number of carbonyl (C=O) groups is 2. The molecule has 0 aliphatic heterocycles. The Balaban J connectivity index is 3.95. The Morgan fingerprint density at radius 2 is 2.08 bits per heavy atom. The number of carboxylic acid groups (broad SMARTS) is 1. The number of carboxylic acids is 1. The van der Waals surface area contributed by atoms with Crippen molar-refractivity contribution in [1.29, 1.82) is 0 Å². The number of hydrogen-bond acceptors (Lipinski definition) is 2. The Morgan fingerprint density at radius 3 is 2.42 bits per heavy atom. The maximum Gasteiger partial charge on any atom is 0.326 e. The second-order valence-corrected chi connectivity index (χ2v) is 2.40. The van der Waals surface area contributed by atoms with Gasteiger partial charge in [0, 0.05) is 7.05 Å². The molecule has 0 aliphatic carbocycles. The van der Waals surface area contributed by atoms with Gasteiger partial charge >= 0.3 is 12.0 Å². The van der Waals surface area contributed by atoms with Crippen molar-refractivity contribution in [2.24, 2.45) is 0 Å². The summed E-state index contributed by atoms with van der Waals surface area (Å²) in [6.07, 6.45) is 1.17. The van der Waals surface area contributed by atoms with E-state index in [0.29, 0.717) is 6.42 Å². The first-order valence-electron chi connectivity index (χ1n) is 3.82. The van der Waals surface area contributed by atoms with Crippen LogP contribution in [-0.4, -0.2) is 30.2 Å². The minimum atomic E-state index is -1.000. The van der Waals surface area contributed by atoms with E-state index in [2.05, 4.69) is 10.6 Å². The van der Waals surface area contributed by atoms with Crippen LogP contribution in [0.1, 0.15) is 19.8 Å². The summed E-state index contributed by atoms with van der Waals surface area (Å²) >= 11 is 0. The van der Waals surface area contributed by atoms with Crippen molar-refractivity contribution < 1.29 is 14.7 Å². The monoisotopic (exact) mass is 174 g/mol. The third-order valence-corrected chi connectivity index (χ3v) is 1.41. The van der Waals surface area contributed by atoms with E-state index in [-0.39, 0.29) is 0 Å². The van der Waals surface area contributed by atoms with Crippen LogP contribution in [0.3, 0.4) is 0 Å². The van der Waals surface area contributed by atoms with E-state index >= 15 is 0 Å². The van der Waals surface area contributed by atoms with Gasteiger partial charge in [-0.2, -0.15) is 0 Å². The second-order valence-electron chi connectivity index (χ2n) is 2.40. The molecular formula is C7H14N2O3. The van der Waals surface area contributed by atoms with Gasteiger partial charge in [0.2, 0.25) is 0 Å². The zero-order valence-corrected chi connectivity index (χ0v) is 7.26. The van der Waals surface area contributed by atoms with Gasteiger partial charge in [0.1, 0.15) is 6.04 Å². The minimum Gasteiger partial charge on any atom is -0.480 e. The topological polar surface area (TPSA) is 78.4 Å². The van der Waals surface area contributed by atoms with Crippen molar-refractivity contribution in [1.82, 2.24) is 10.6 Å². The zero-order valence-electron chi connectivity index (χ0n) is 7.26. The highest BCUT2D eigenvalue weighted by molar-refractivity contribution is 5.82. The maximum absolute atomic E-state index is 10.7. The van der Waals surface area contributed by atoms with Gasteiger partial charge in [-0.25, -0.2) is 9.59 Å². The molecule has 0 spiro atoms. The summed E-state index contributed by atoms with van der Waals surface area (Å²) in [5.41, 5.74) is 0. The standard InChI is InChI=1S/C7H14N2O3/c1-3-4-5(6(10)11)9-7(12)8-2/h5H,3-4H2,1-2H3,(H,10,11)(H2,8,9,12)/t5-/m0/s1. The van der Waals surface area contributed by atoms with E-state index in [1.54, 1.807) is 0 Å². The molecule has 1 atom stereocenters. The highest BCUT2D eigenvalue weighted by Gasteiger charge is 2.17. The van der Waals surface area contributed by atoms with Crippen LogP contribution in [0.25, 0.3) is 0 Å². The lowest BCUT2D eigenvalue weighted by Crippen LogP contribution is -2.44. The molecule has 5 heteroatoms. The van der Waals surface area contributed by atoms with Crippen molar-refractivity contribution >= 4 is 12.0 Å². The zero-order chi connectivity index (χ0) is 9.56. The summed E-state index contributed by atoms with van der Waals surface area (Å²) in [6.45, 7) is 1.86. The van der Waals surface area contributed by atoms with Crippen LogP contribution in [-0.2, 0) is 4.79 Å². The normalized spacial score (nSPS) is 11.8. The molecule has 0 radical (unpaired) electrons. The molecule has 0 aromatic rings. The average Bonchev–Trinajstić information content (AvgIpc) is 2.03. The van der Waals surface area contributed by atoms with Gasteiger partial charge < -0.3 is 15.7 Å². The minimum absolute atomic E-state index is 0.447. The van der Waals surface area contributed by atoms with Gasteiger partial charge in [-0.1, -0.05) is 13.3 Å². The molecule has 0 saturated carbocycles. The fourth-order valence-electron chi connectivity index (χ4n) is 0.776. The number of amides is 2. The van der Waals surface area contributed by atoms with Gasteiger partial charge in [-0.3, -0.25) is 0 Å². The summed E-state index contributed by atoms with van der Waals surface area (Å²) in [7, 11) is 1.44. The fraction of sp³-hybridized carbons (Fsp3) is 0.714.